The lowest BCUT2D eigenvalue weighted by Gasteiger charge is -2.33. The molecule has 1 aliphatic rings. The number of amides is 1. The highest BCUT2D eigenvalue weighted by Gasteiger charge is 2.19. The highest BCUT2D eigenvalue weighted by molar-refractivity contribution is 6.11. The van der Waals surface area contributed by atoms with Crippen molar-refractivity contribution in [3.05, 3.63) is 54.0 Å². The molecule has 1 amide bonds. The molecule has 0 saturated carbocycles. The zero-order valence-electron chi connectivity index (χ0n) is 20.8. The molecule has 184 valence electrons. The fraction of sp³-hybridized carbons (Fsp3) is 0.481. The van der Waals surface area contributed by atoms with E-state index in [4.69, 9.17) is 10.5 Å². The molecule has 0 atom stereocenters. The van der Waals surface area contributed by atoms with Crippen LogP contribution in [0.25, 0.3) is 10.9 Å². The summed E-state index contributed by atoms with van der Waals surface area (Å²) in [6, 6.07) is 6.37. The summed E-state index contributed by atoms with van der Waals surface area (Å²) in [5.74, 6) is 1.77. The van der Waals surface area contributed by atoms with Gasteiger partial charge in [-0.05, 0) is 69.3 Å². The quantitative estimate of drug-likeness (QED) is 0.283. The van der Waals surface area contributed by atoms with Crippen LogP contribution in [0.3, 0.4) is 0 Å². The first-order valence-electron chi connectivity index (χ1n) is 12.3. The molecule has 0 radical (unpaired) electrons. The van der Waals surface area contributed by atoms with Crippen molar-refractivity contribution in [2.45, 2.75) is 46.1 Å². The average Bonchev–Trinajstić information content (AvgIpc) is 3.19. The van der Waals surface area contributed by atoms with E-state index in [1.165, 1.54) is 22.7 Å². The maximum Gasteiger partial charge on any atom is 0.249 e. The Kier molecular flexibility index (Phi) is 9.33. The first-order chi connectivity index (χ1) is 16.5. The lowest BCUT2D eigenvalue weighted by molar-refractivity contribution is -0.114. The van der Waals surface area contributed by atoms with E-state index in [2.05, 4.69) is 57.7 Å². The van der Waals surface area contributed by atoms with Gasteiger partial charge < -0.3 is 25.3 Å². The molecule has 7 nitrogen and oxygen atoms in total. The number of fused-ring (bicyclic) bond motifs is 1. The van der Waals surface area contributed by atoms with Gasteiger partial charge in [-0.25, -0.2) is 4.99 Å². The number of primary amides is 1. The number of hydrogen-bond acceptors (Lipinski definition) is 5. The van der Waals surface area contributed by atoms with Crippen molar-refractivity contribution in [3.63, 3.8) is 0 Å². The van der Waals surface area contributed by atoms with Crippen LogP contribution in [-0.4, -0.2) is 54.9 Å². The number of ether oxygens (including phenoxy) is 1. The van der Waals surface area contributed by atoms with Gasteiger partial charge in [0.15, 0.2) is 0 Å². The van der Waals surface area contributed by atoms with Crippen LogP contribution in [0.2, 0.25) is 0 Å². The van der Waals surface area contributed by atoms with Crippen molar-refractivity contribution < 1.29 is 9.53 Å². The van der Waals surface area contributed by atoms with Gasteiger partial charge in [-0.1, -0.05) is 19.6 Å². The summed E-state index contributed by atoms with van der Waals surface area (Å²) in [6.07, 6.45) is 9.79. The zero-order chi connectivity index (χ0) is 24.5. The second-order valence-electron chi connectivity index (χ2n) is 8.90. The summed E-state index contributed by atoms with van der Waals surface area (Å²) >= 11 is 0. The molecule has 1 saturated heterocycles. The van der Waals surface area contributed by atoms with Crippen LogP contribution < -0.4 is 15.8 Å². The van der Waals surface area contributed by atoms with Crippen LogP contribution in [-0.2, 0) is 17.8 Å². The fourth-order valence-electron chi connectivity index (χ4n) is 4.53. The number of carbonyl (C=O) groups excluding carboxylic acids is 1. The van der Waals surface area contributed by atoms with Gasteiger partial charge in [0.1, 0.15) is 11.6 Å². The van der Waals surface area contributed by atoms with Crippen molar-refractivity contribution in [1.29, 1.82) is 0 Å². The minimum absolute atomic E-state index is 0.400. The van der Waals surface area contributed by atoms with Crippen LogP contribution in [0.15, 0.2) is 53.4 Å². The van der Waals surface area contributed by atoms with Crippen LogP contribution >= 0.6 is 0 Å². The monoisotopic (exact) mass is 465 g/mol. The maximum absolute atomic E-state index is 11.3. The number of benzene rings is 1. The maximum atomic E-state index is 11.3. The van der Waals surface area contributed by atoms with Crippen molar-refractivity contribution in [2.75, 3.05) is 33.3 Å². The van der Waals surface area contributed by atoms with Crippen molar-refractivity contribution in [3.8, 4) is 5.75 Å². The normalized spacial score (nSPS) is 15.4. The lowest BCUT2D eigenvalue weighted by atomic mass is 9.97. The largest absolute Gasteiger partial charge is 0.497 e. The Morgan fingerprint density at radius 3 is 2.76 bits per heavy atom. The van der Waals surface area contributed by atoms with E-state index in [1.54, 1.807) is 20.1 Å². The molecule has 0 spiro atoms. The van der Waals surface area contributed by atoms with Gasteiger partial charge in [0.05, 0.1) is 18.2 Å². The number of aliphatic imine (C=N–C) groups is 1. The molecule has 1 aliphatic heterocycles. The first-order valence-corrected chi connectivity index (χ1v) is 12.3. The Bertz CT molecular complexity index is 1040. The van der Waals surface area contributed by atoms with Crippen LogP contribution in [0.4, 0.5) is 0 Å². The second-order valence-corrected chi connectivity index (χ2v) is 8.90. The van der Waals surface area contributed by atoms with Gasteiger partial charge in [-0.2, -0.15) is 0 Å². The predicted octanol–water partition coefficient (Wildman–Crippen LogP) is 3.88. The Morgan fingerprint density at radius 2 is 2.12 bits per heavy atom. The molecule has 0 bridgehead atoms. The molecular formula is C27H39N5O2. The fourth-order valence-corrected chi connectivity index (χ4v) is 4.53. The van der Waals surface area contributed by atoms with Crippen LogP contribution in [0.1, 0.15) is 38.7 Å². The number of piperidine rings is 1. The van der Waals surface area contributed by atoms with Gasteiger partial charge in [0.2, 0.25) is 5.91 Å². The molecule has 0 unspecified atom stereocenters. The van der Waals surface area contributed by atoms with E-state index in [0.717, 1.165) is 64.2 Å². The number of likely N-dealkylation sites (tertiary alicyclic amines) is 1. The van der Waals surface area contributed by atoms with Crippen LogP contribution in [0, 0.1) is 5.92 Å². The van der Waals surface area contributed by atoms with E-state index in [-0.39, 0.29) is 0 Å². The number of nitrogens with zero attached hydrogens (tertiary/aromatic N) is 3. The van der Waals surface area contributed by atoms with E-state index >= 15 is 0 Å². The number of allylic oxidation sites excluding steroid dienone is 1. The highest BCUT2D eigenvalue weighted by atomic mass is 16.5. The molecule has 3 N–H and O–H groups in total. The standard InChI is InChI=1S/C27H39N5O2/c1-5-13-32-19-23(25-8-7-24(34-4)16-26(25)32)9-12-29-17-21-10-14-31(15-11-21)20(3)30-18-22(6-2)27(28)33/h6-8,16,18-19,21,29H,3,5,9-15,17H2,1-2,4H3,(H2,28,33)/b22-6+,30-18-. The molecule has 1 aromatic heterocycles. The number of aryl methyl sites for hydroxylation is 1. The minimum Gasteiger partial charge on any atom is -0.497 e. The Hall–Kier alpha value is -3.06. The van der Waals surface area contributed by atoms with Gasteiger partial charge in [0.25, 0.3) is 0 Å². The predicted molar refractivity (Wildman–Crippen MR) is 140 cm³/mol. The third-order valence-electron chi connectivity index (χ3n) is 6.57. The lowest BCUT2D eigenvalue weighted by Crippen LogP contribution is -2.36. The summed E-state index contributed by atoms with van der Waals surface area (Å²) in [5, 5.41) is 4.99. The highest BCUT2D eigenvalue weighted by Crippen LogP contribution is 2.26. The number of hydrogen-bond donors (Lipinski definition) is 2. The Balaban J connectivity index is 1.45. The number of aromatic nitrogens is 1. The van der Waals surface area contributed by atoms with E-state index in [9.17, 15) is 4.79 Å². The average molecular weight is 466 g/mol. The summed E-state index contributed by atoms with van der Waals surface area (Å²) in [5.41, 5.74) is 8.37. The molecule has 2 aromatic rings. The molecule has 1 aromatic carbocycles. The van der Waals surface area contributed by atoms with E-state index in [1.807, 2.05) is 0 Å². The summed E-state index contributed by atoms with van der Waals surface area (Å²) in [4.78, 5) is 17.8. The SMILES string of the molecule is C=C(/N=C\C(=C/C)C(N)=O)N1CCC(CNCCc2cn(CCC)c3cc(OC)ccc23)CC1. The second kappa shape index (κ2) is 12.4. The van der Waals surface area contributed by atoms with Crippen molar-refractivity contribution in [2.24, 2.45) is 16.6 Å². The van der Waals surface area contributed by atoms with E-state index in [0.29, 0.717) is 17.3 Å². The van der Waals surface area contributed by atoms with Gasteiger partial charge in [-0.15, -0.1) is 0 Å². The Morgan fingerprint density at radius 1 is 1.35 bits per heavy atom. The van der Waals surface area contributed by atoms with Crippen molar-refractivity contribution in [1.82, 2.24) is 14.8 Å². The molecule has 1 fully saturated rings. The molecular weight excluding hydrogens is 426 g/mol. The topological polar surface area (TPSA) is 84.9 Å². The Labute approximate surface area is 203 Å². The van der Waals surface area contributed by atoms with Crippen molar-refractivity contribution >= 4 is 23.0 Å². The van der Waals surface area contributed by atoms with Gasteiger partial charge in [0, 0.05) is 43.5 Å². The summed E-state index contributed by atoms with van der Waals surface area (Å²) in [6.45, 7) is 12.9. The third kappa shape index (κ3) is 6.50. The summed E-state index contributed by atoms with van der Waals surface area (Å²) < 4.78 is 7.78. The first kappa shape index (κ1) is 25.6. The zero-order valence-corrected chi connectivity index (χ0v) is 20.8. The molecule has 2 heterocycles. The number of rotatable bonds is 12. The van der Waals surface area contributed by atoms with Gasteiger partial charge >= 0.3 is 0 Å². The van der Waals surface area contributed by atoms with Gasteiger partial charge in [-0.3, -0.25) is 4.79 Å². The number of carbonyl (C=O) groups is 1. The number of nitrogens with one attached hydrogen (secondary N) is 1. The van der Waals surface area contributed by atoms with Crippen LogP contribution in [0.5, 0.6) is 5.75 Å². The smallest absolute Gasteiger partial charge is 0.249 e. The molecule has 7 heteroatoms. The third-order valence-corrected chi connectivity index (χ3v) is 6.57. The molecule has 3 rings (SSSR count). The minimum atomic E-state index is -0.474. The number of nitrogens with two attached hydrogens (primary N) is 1. The molecule has 0 aliphatic carbocycles. The molecule has 34 heavy (non-hydrogen) atoms. The van der Waals surface area contributed by atoms with E-state index < -0.39 is 5.91 Å². The summed E-state index contributed by atoms with van der Waals surface area (Å²) in [7, 11) is 1.72. The number of methoxy groups -OCH3 is 1.